The number of methoxy groups -OCH3 is 1. The van der Waals surface area contributed by atoms with E-state index in [1.54, 1.807) is 7.11 Å². The van der Waals surface area contributed by atoms with Gasteiger partial charge in [-0.1, -0.05) is 32.3 Å². The van der Waals surface area contributed by atoms with Gasteiger partial charge in [-0.15, -0.1) is 0 Å². The highest BCUT2D eigenvalue weighted by Gasteiger charge is 2.32. The van der Waals surface area contributed by atoms with Crippen LogP contribution in [0.2, 0.25) is 0 Å². The minimum atomic E-state index is -0.113. The zero-order valence-corrected chi connectivity index (χ0v) is 13.5. The average Bonchev–Trinajstić information content (AvgIpc) is 2.49. The van der Waals surface area contributed by atoms with Crippen molar-refractivity contribution in [3.05, 3.63) is 29.6 Å². The number of rotatable bonds is 6. The molecule has 1 saturated carbocycles. The summed E-state index contributed by atoms with van der Waals surface area (Å²) in [6.45, 7) is 3.21. The van der Waals surface area contributed by atoms with Crippen molar-refractivity contribution < 1.29 is 9.13 Å². The minimum Gasteiger partial charge on any atom is -0.497 e. The maximum absolute atomic E-state index is 14.4. The van der Waals surface area contributed by atoms with Crippen LogP contribution in [-0.4, -0.2) is 20.7 Å². The van der Waals surface area contributed by atoms with E-state index in [2.05, 4.69) is 12.2 Å². The lowest BCUT2D eigenvalue weighted by Gasteiger charge is -2.37. The number of ether oxygens (including phenoxy) is 1. The molecule has 1 aromatic rings. The van der Waals surface area contributed by atoms with Crippen LogP contribution in [-0.2, 0) is 0 Å². The van der Waals surface area contributed by atoms with Crippen molar-refractivity contribution >= 4 is 0 Å². The van der Waals surface area contributed by atoms with Crippen molar-refractivity contribution in [1.82, 2.24) is 5.32 Å². The quantitative estimate of drug-likeness (QED) is 0.841. The molecule has 0 heterocycles. The van der Waals surface area contributed by atoms with Gasteiger partial charge in [-0.05, 0) is 55.8 Å². The Labute approximate surface area is 128 Å². The van der Waals surface area contributed by atoms with E-state index in [-0.39, 0.29) is 5.82 Å². The summed E-state index contributed by atoms with van der Waals surface area (Å²) in [5.74, 6) is 2.09. The van der Waals surface area contributed by atoms with Crippen LogP contribution in [0, 0.1) is 17.7 Å². The molecule has 1 aromatic carbocycles. The van der Waals surface area contributed by atoms with Crippen molar-refractivity contribution in [1.29, 1.82) is 0 Å². The molecule has 0 radical (unpaired) electrons. The zero-order chi connectivity index (χ0) is 15.2. The Hall–Kier alpha value is -1.09. The normalized spacial score (nSPS) is 25.8. The highest BCUT2D eigenvalue weighted by Crippen LogP contribution is 2.43. The molecule has 1 aliphatic carbocycles. The highest BCUT2D eigenvalue weighted by atomic mass is 19.1. The first-order valence-corrected chi connectivity index (χ1v) is 8.17. The molecule has 1 fully saturated rings. The first-order valence-electron chi connectivity index (χ1n) is 8.17. The van der Waals surface area contributed by atoms with E-state index in [9.17, 15) is 4.39 Å². The van der Waals surface area contributed by atoms with E-state index in [4.69, 9.17) is 4.74 Å². The third-order valence-corrected chi connectivity index (χ3v) is 4.87. The zero-order valence-electron chi connectivity index (χ0n) is 13.5. The number of halogens is 1. The largest absolute Gasteiger partial charge is 0.497 e. The number of hydrogen-bond donors (Lipinski definition) is 1. The van der Waals surface area contributed by atoms with Crippen LogP contribution in [0.25, 0.3) is 0 Å². The molecule has 2 nitrogen and oxygen atoms in total. The lowest BCUT2D eigenvalue weighted by atomic mass is 9.70. The van der Waals surface area contributed by atoms with Crippen LogP contribution in [0.15, 0.2) is 18.2 Å². The van der Waals surface area contributed by atoms with Crippen LogP contribution in [0.3, 0.4) is 0 Å². The summed E-state index contributed by atoms with van der Waals surface area (Å²) in [6.07, 6.45) is 6.08. The predicted molar refractivity (Wildman–Crippen MR) is 85.4 cm³/mol. The SMILES string of the molecule is CCCC1CCC(CNC)C(c2ccc(OC)cc2F)C1. The Bertz CT molecular complexity index is 449. The molecule has 0 amide bonds. The molecule has 0 aromatic heterocycles. The predicted octanol–water partition coefficient (Wildman–Crippen LogP) is 4.35. The molecular formula is C18H28FNO. The second kappa shape index (κ2) is 7.79. The van der Waals surface area contributed by atoms with E-state index >= 15 is 0 Å². The molecule has 1 N–H and O–H groups in total. The van der Waals surface area contributed by atoms with E-state index in [0.29, 0.717) is 17.6 Å². The number of hydrogen-bond acceptors (Lipinski definition) is 2. The Morgan fingerprint density at radius 3 is 2.76 bits per heavy atom. The lowest BCUT2D eigenvalue weighted by molar-refractivity contribution is 0.219. The molecule has 118 valence electrons. The minimum absolute atomic E-state index is 0.113. The van der Waals surface area contributed by atoms with Crippen molar-refractivity contribution in [2.75, 3.05) is 20.7 Å². The van der Waals surface area contributed by atoms with Crippen molar-refractivity contribution in [2.24, 2.45) is 11.8 Å². The first-order chi connectivity index (χ1) is 10.2. The van der Waals surface area contributed by atoms with E-state index in [1.807, 2.05) is 19.2 Å². The number of nitrogens with one attached hydrogen (secondary N) is 1. The molecular weight excluding hydrogens is 265 g/mol. The van der Waals surface area contributed by atoms with Gasteiger partial charge in [-0.2, -0.15) is 0 Å². The summed E-state index contributed by atoms with van der Waals surface area (Å²) in [5, 5.41) is 3.28. The molecule has 0 spiro atoms. The first kappa shape index (κ1) is 16.3. The highest BCUT2D eigenvalue weighted by molar-refractivity contribution is 5.32. The fraction of sp³-hybridized carbons (Fsp3) is 0.667. The van der Waals surface area contributed by atoms with Gasteiger partial charge in [0, 0.05) is 6.07 Å². The Balaban J connectivity index is 2.22. The fourth-order valence-electron chi connectivity index (χ4n) is 3.81. The van der Waals surface area contributed by atoms with Gasteiger partial charge in [0.05, 0.1) is 7.11 Å². The maximum atomic E-state index is 14.4. The van der Waals surface area contributed by atoms with Gasteiger partial charge in [0.25, 0.3) is 0 Å². The van der Waals surface area contributed by atoms with Crippen LogP contribution in [0.1, 0.15) is 50.5 Å². The maximum Gasteiger partial charge on any atom is 0.130 e. The van der Waals surface area contributed by atoms with Gasteiger partial charge >= 0.3 is 0 Å². The summed E-state index contributed by atoms with van der Waals surface area (Å²) in [6, 6.07) is 5.34. The molecule has 0 bridgehead atoms. The van der Waals surface area contributed by atoms with E-state index < -0.39 is 0 Å². The molecule has 0 saturated heterocycles. The van der Waals surface area contributed by atoms with Gasteiger partial charge in [0.15, 0.2) is 0 Å². The van der Waals surface area contributed by atoms with Crippen LogP contribution in [0.5, 0.6) is 5.75 Å². The van der Waals surface area contributed by atoms with Gasteiger partial charge in [0.2, 0.25) is 0 Å². The molecule has 3 atom stereocenters. The summed E-state index contributed by atoms with van der Waals surface area (Å²) in [5.41, 5.74) is 0.872. The Morgan fingerprint density at radius 2 is 2.14 bits per heavy atom. The third kappa shape index (κ3) is 3.97. The van der Waals surface area contributed by atoms with Crippen LogP contribution in [0.4, 0.5) is 4.39 Å². The second-order valence-corrected chi connectivity index (χ2v) is 6.28. The van der Waals surface area contributed by atoms with E-state index in [1.165, 1.54) is 31.7 Å². The van der Waals surface area contributed by atoms with Crippen LogP contribution < -0.4 is 10.1 Å². The summed E-state index contributed by atoms with van der Waals surface area (Å²) in [4.78, 5) is 0. The molecule has 21 heavy (non-hydrogen) atoms. The molecule has 0 aliphatic heterocycles. The van der Waals surface area contributed by atoms with E-state index in [0.717, 1.165) is 24.4 Å². The molecule has 3 unspecified atom stereocenters. The fourth-order valence-corrected chi connectivity index (χ4v) is 3.81. The Morgan fingerprint density at radius 1 is 1.33 bits per heavy atom. The third-order valence-electron chi connectivity index (χ3n) is 4.87. The van der Waals surface area contributed by atoms with Gasteiger partial charge in [-0.25, -0.2) is 4.39 Å². The van der Waals surface area contributed by atoms with Crippen molar-refractivity contribution in [3.63, 3.8) is 0 Å². The lowest BCUT2D eigenvalue weighted by Crippen LogP contribution is -2.31. The second-order valence-electron chi connectivity index (χ2n) is 6.28. The summed E-state index contributed by atoms with van der Waals surface area (Å²) >= 11 is 0. The van der Waals surface area contributed by atoms with Gasteiger partial charge in [-0.3, -0.25) is 0 Å². The summed E-state index contributed by atoms with van der Waals surface area (Å²) < 4.78 is 19.6. The molecule has 3 heteroatoms. The monoisotopic (exact) mass is 293 g/mol. The van der Waals surface area contributed by atoms with Gasteiger partial charge < -0.3 is 10.1 Å². The topological polar surface area (TPSA) is 21.3 Å². The standard InChI is InChI=1S/C18H28FNO/c1-4-5-13-6-7-14(12-20-2)17(10-13)16-9-8-15(21-3)11-18(16)19/h8-9,11,13-14,17,20H,4-7,10,12H2,1-3H3. The number of benzene rings is 1. The summed E-state index contributed by atoms with van der Waals surface area (Å²) in [7, 11) is 3.57. The van der Waals surface area contributed by atoms with Gasteiger partial charge in [0.1, 0.15) is 11.6 Å². The molecule has 2 rings (SSSR count). The molecule has 1 aliphatic rings. The van der Waals surface area contributed by atoms with Crippen molar-refractivity contribution in [2.45, 2.75) is 44.9 Å². The average molecular weight is 293 g/mol. The smallest absolute Gasteiger partial charge is 0.130 e. The van der Waals surface area contributed by atoms with Crippen LogP contribution >= 0.6 is 0 Å². The van der Waals surface area contributed by atoms with Crippen molar-refractivity contribution in [3.8, 4) is 5.75 Å². The Kier molecular flexibility index (Phi) is 6.04.